The van der Waals surface area contributed by atoms with Gasteiger partial charge in [0, 0.05) is 0 Å². The topological polar surface area (TPSA) is 109 Å². The van der Waals surface area contributed by atoms with Crippen LogP contribution < -0.4 is 11.1 Å². The number of aryl methyl sites for hydroxylation is 1. The van der Waals surface area contributed by atoms with Crippen LogP contribution in [0, 0.1) is 6.92 Å². The summed E-state index contributed by atoms with van der Waals surface area (Å²) in [7, 11) is 1.67. The zero-order chi connectivity index (χ0) is 22.8. The maximum absolute atomic E-state index is 13.0. The summed E-state index contributed by atoms with van der Waals surface area (Å²) in [6.07, 6.45) is -0.494. The first kappa shape index (κ1) is 24.6. The number of aliphatic hydroxyl groups excluding tert-OH is 1. The van der Waals surface area contributed by atoms with E-state index in [1.807, 2.05) is 50.5 Å². The Morgan fingerprint density at radius 2 is 2.10 bits per heavy atom. The molecule has 0 aliphatic carbocycles. The molecule has 2 amide bonds. The summed E-state index contributed by atoms with van der Waals surface area (Å²) in [4.78, 5) is 32.7. The van der Waals surface area contributed by atoms with E-state index in [1.165, 1.54) is 4.90 Å². The van der Waals surface area contributed by atoms with E-state index in [2.05, 4.69) is 10.3 Å². The van der Waals surface area contributed by atoms with Crippen LogP contribution >= 0.6 is 19.6 Å². The molecule has 7 nitrogen and oxygen atoms in total. The van der Waals surface area contributed by atoms with Gasteiger partial charge in [-0.3, -0.25) is 0 Å². The number of benzene rings is 1. The Hall–Kier alpha value is -1.02. The van der Waals surface area contributed by atoms with Crippen LogP contribution in [-0.2, 0) is 16.1 Å². The van der Waals surface area contributed by atoms with Crippen molar-refractivity contribution in [2.24, 2.45) is 5.73 Å². The number of carbonyl (C=O) groups is 2. The number of hydrogen-bond acceptors (Lipinski definition) is 7. The third-order valence-corrected chi connectivity index (χ3v) is 14.5. The number of thiazole rings is 1. The molecule has 2 aromatic rings. The first-order chi connectivity index (χ1) is 14.6. The van der Waals surface area contributed by atoms with Gasteiger partial charge in [0.1, 0.15) is 0 Å². The minimum absolute atomic E-state index is 0.137. The Balaban J connectivity index is 1.63. The third kappa shape index (κ3) is 5.67. The molecule has 1 aliphatic rings. The molecule has 0 unspecified atom stereocenters. The van der Waals surface area contributed by atoms with Crippen LogP contribution in [0.5, 0.6) is 0 Å². The summed E-state index contributed by atoms with van der Waals surface area (Å²) in [5.74, 6) is -0.545. The van der Waals surface area contributed by atoms with Gasteiger partial charge in [-0.25, -0.2) is 4.98 Å². The number of β-amino-alcohol motifs (C(OH)–C–C–N with tert-alkyl or cyclic N) is 1. The van der Waals surface area contributed by atoms with Gasteiger partial charge in [0.2, 0.25) is 0 Å². The van der Waals surface area contributed by atoms with Gasteiger partial charge in [-0.1, -0.05) is 0 Å². The van der Waals surface area contributed by atoms with E-state index in [0.717, 1.165) is 21.7 Å². The molecule has 4 N–H and O–H groups in total. The second-order valence-electron chi connectivity index (χ2n) is 8.28. The predicted molar refractivity (Wildman–Crippen MR) is 126 cm³/mol. The number of aromatic nitrogens is 1. The van der Waals surface area contributed by atoms with Gasteiger partial charge in [0.25, 0.3) is 0 Å². The van der Waals surface area contributed by atoms with Gasteiger partial charge in [-0.05, 0) is 12.5 Å². The molecule has 164 valence electrons. The molecule has 1 aromatic heterocycles. The first-order valence-corrected chi connectivity index (χ1v) is 17.3. The van der Waals surface area contributed by atoms with Crippen LogP contribution in [0.3, 0.4) is 0 Å². The Kier molecular flexibility index (Phi) is 8.17. The van der Waals surface area contributed by atoms with Crippen molar-refractivity contribution in [2.75, 3.05) is 6.54 Å². The van der Waals surface area contributed by atoms with Crippen LogP contribution in [0.1, 0.15) is 31.5 Å². The molecule has 0 saturated carbocycles. The number of carbonyl (C=O) groups excluding carboxylic acids is 2. The Morgan fingerprint density at radius 1 is 1.42 bits per heavy atom. The van der Waals surface area contributed by atoms with Crippen molar-refractivity contribution in [3.05, 3.63) is 41.0 Å². The van der Waals surface area contributed by atoms with Crippen LogP contribution in [0.25, 0.3) is 10.4 Å². The number of likely N-dealkylation sites (tertiary alicyclic amines) is 1. The molecule has 2 heterocycles. The molecule has 0 radical (unpaired) electrons. The van der Waals surface area contributed by atoms with E-state index in [4.69, 9.17) is 5.73 Å². The summed E-state index contributed by atoms with van der Waals surface area (Å²) in [5, 5.41) is 13.0. The SMILES string of the molecule is Cc1ncsc1-c1ccc(CNC(=O)[C@@H]2C[C@@H](O)CN2C(=O)[C@@H](N)C(C)(C)[S][Tl])cc1. The normalized spacial score (nSPS) is 19.9. The summed E-state index contributed by atoms with van der Waals surface area (Å²) in [6, 6.07) is 6.57. The Bertz CT molecular complexity index is 935. The van der Waals surface area contributed by atoms with Crippen molar-refractivity contribution in [3.8, 4) is 10.4 Å². The van der Waals surface area contributed by atoms with Crippen molar-refractivity contribution >= 4 is 55.7 Å². The molecular formula is C21H27N4O3S2Tl. The molecule has 0 spiro atoms. The van der Waals surface area contributed by atoms with Gasteiger partial charge in [-0.2, -0.15) is 0 Å². The second kappa shape index (κ2) is 10.3. The molecule has 31 heavy (non-hydrogen) atoms. The molecule has 1 saturated heterocycles. The zero-order valence-electron chi connectivity index (χ0n) is 17.9. The average Bonchev–Trinajstić information content (AvgIpc) is 3.36. The molecule has 3 atom stereocenters. The van der Waals surface area contributed by atoms with Gasteiger partial charge < -0.3 is 0 Å². The van der Waals surface area contributed by atoms with Crippen molar-refractivity contribution in [3.63, 3.8) is 0 Å². The van der Waals surface area contributed by atoms with Crippen molar-refractivity contribution in [2.45, 2.75) is 56.7 Å². The predicted octanol–water partition coefficient (Wildman–Crippen LogP) is 1.62. The number of aliphatic hydroxyl groups is 1. The summed E-state index contributed by atoms with van der Waals surface area (Å²) >= 11 is 2.25. The van der Waals surface area contributed by atoms with Crippen LogP contribution in [0.2, 0.25) is 0 Å². The summed E-state index contributed by atoms with van der Waals surface area (Å²) in [6.45, 7) is 6.36. The van der Waals surface area contributed by atoms with Crippen LogP contribution in [-0.4, -0.2) is 80.5 Å². The third-order valence-electron chi connectivity index (χ3n) is 5.61. The Labute approximate surface area is 205 Å². The number of amides is 2. The quantitative estimate of drug-likeness (QED) is 0.393. The van der Waals surface area contributed by atoms with Crippen molar-refractivity contribution < 1.29 is 14.7 Å². The maximum atomic E-state index is 13.0. The van der Waals surface area contributed by atoms with Gasteiger partial charge in [0.05, 0.1) is 16.1 Å². The van der Waals surface area contributed by atoms with Gasteiger partial charge in [0.15, 0.2) is 0 Å². The minimum atomic E-state index is -0.720. The van der Waals surface area contributed by atoms with Gasteiger partial charge in [-0.15, -0.1) is 11.3 Å². The molecule has 1 aliphatic heterocycles. The average molecular weight is 652 g/mol. The molecule has 3 rings (SSSR count). The fourth-order valence-corrected chi connectivity index (χ4v) is 6.28. The fraction of sp³-hybridized carbons (Fsp3) is 0.476. The Morgan fingerprint density at radius 3 is 2.68 bits per heavy atom. The van der Waals surface area contributed by atoms with E-state index in [1.54, 1.807) is 19.6 Å². The monoisotopic (exact) mass is 652 g/mol. The number of nitrogens with one attached hydrogen (secondary N) is 1. The molecule has 0 bridgehead atoms. The number of nitrogens with zero attached hydrogens (tertiary/aromatic N) is 2. The number of hydrogen-bond donors (Lipinski definition) is 3. The molecule has 1 fully saturated rings. The van der Waals surface area contributed by atoms with E-state index >= 15 is 0 Å². The standard InChI is InChI=1S/C21H28N4O3S2.Tl/c1-12-17(30-11-24-12)14-6-4-13(5-7-14)9-23-19(27)16-8-15(26)10-25(16)20(28)18(22)21(2,3)29;/h4-7,11,15-16,18,26,29H,8-10,22H2,1-3H3,(H,23,27);/q;+1/p-1/t15-,16+,18-;/m1./s1. The van der Waals surface area contributed by atoms with E-state index < -0.39 is 22.9 Å². The van der Waals surface area contributed by atoms with Crippen LogP contribution in [0.4, 0.5) is 0 Å². The number of rotatable bonds is 7. The summed E-state index contributed by atoms with van der Waals surface area (Å²) < 4.78 is -0.394. The van der Waals surface area contributed by atoms with E-state index in [0.29, 0.717) is 30.8 Å². The first-order valence-electron chi connectivity index (χ1n) is 10.0. The van der Waals surface area contributed by atoms with E-state index in [-0.39, 0.29) is 24.8 Å². The van der Waals surface area contributed by atoms with Crippen LogP contribution in [0.15, 0.2) is 29.8 Å². The van der Waals surface area contributed by atoms with Crippen molar-refractivity contribution in [1.29, 1.82) is 0 Å². The molecule has 1 aromatic carbocycles. The molecule has 10 heteroatoms. The fourth-order valence-electron chi connectivity index (χ4n) is 3.52. The van der Waals surface area contributed by atoms with Gasteiger partial charge >= 0.3 is 161 Å². The molecular weight excluding hydrogens is 625 g/mol. The van der Waals surface area contributed by atoms with Crippen molar-refractivity contribution in [1.82, 2.24) is 15.2 Å². The number of nitrogens with two attached hydrogens (primary N) is 1. The second-order valence-corrected chi connectivity index (χ2v) is 13.2. The summed E-state index contributed by atoms with van der Waals surface area (Å²) in [5.41, 5.74) is 11.1. The zero-order valence-corrected chi connectivity index (χ0v) is 24.0. The van der Waals surface area contributed by atoms with E-state index in [9.17, 15) is 14.7 Å².